The zero-order chi connectivity index (χ0) is 20.4. The lowest BCUT2D eigenvalue weighted by Gasteiger charge is -2.34. The number of ether oxygens (including phenoxy) is 1. The molecule has 2 rings (SSSR count). The normalized spacial score (nSPS) is 17.6. The maximum Gasteiger partial charge on any atom is 0.213 e. The van der Waals surface area contributed by atoms with Crippen LogP contribution in [0.3, 0.4) is 0 Å². The van der Waals surface area contributed by atoms with E-state index in [1.807, 2.05) is 0 Å². The number of nitrogens with zero attached hydrogens (tertiary/aromatic N) is 3. The van der Waals surface area contributed by atoms with E-state index in [-0.39, 0.29) is 11.8 Å². The molecule has 2 heterocycles. The molecule has 1 atom stereocenters. The van der Waals surface area contributed by atoms with Gasteiger partial charge in [-0.05, 0) is 24.8 Å². The van der Waals surface area contributed by atoms with Crippen molar-refractivity contribution in [3.05, 3.63) is 22.4 Å². The maximum absolute atomic E-state index is 11.8. The van der Waals surface area contributed by atoms with E-state index < -0.39 is 10.0 Å². The van der Waals surface area contributed by atoms with Crippen LogP contribution in [0.4, 0.5) is 0 Å². The third kappa shape index (κ3) is 7.00. The molecule has 1 unspecified atom stereocenters. The fourth-order valence-corrected chi connectivity index (χ4v) is 4.77. The predicted octanol–water partition coefficient (Wildman–Crippen LogP) is 0.958. The Labute approximate surface area is 173 Å². The van der Waals surface area contributed by atoms with Crippen molar-refractivity contribution in [1.82, 2.24) is 19.8 Å². The molecule has 2 N–H and O–H groups in total. The summed E-state index contributed by atoms with van der Waals surface area (Å²) in [6.07, 6.45) is 0.717. The number of hydrogen-bond donors (Lipinski definition) is 2. The van der Waals surface area contributed by atoms with Gasteiger partial charge in [0.2, 0.25) is 10.0 Å². The molecule has 1 fully saturated rings. The van der Waals surface area contributed by atoms with Crippen molar-refractivity contribution in [2.24, 2.45) is 4.99 Å². The van der Waals surface area contributed by atoms with Crippen molar-refractivity contribution in [2.45, 2.75) is 19.4 Å². The Morgan fingerprint density at radius 2 is 2.14 bits per heavy atom. The van der Waals surface area contributed by atoms with Gasteiger partial charge in [-0.25, -0.2) is 12.7 Å². The molecule has 1 aliphatic heterocycles. The van der Waals surface area contributed by atoms with Gasteiger partial charge < -0.3 is 15.4 Å². The van der Waals surface area contributed by atoms with Crippen LogP contribution in [0.15, 0.2) is 22.5 Å². The van der Waals surface area contributed by atoms with Gasteiger partial charge >= 0.3 is 0 Å². The first-order chi connectivity index (χ1) is 13.5. The first kappa shape index (κ1) is 23.1. The molecule has 28 heavy (non-hydrogen) atoms. The van der Waals surface area contributed by atoms with Crippen LogP contribution in [0.2, 0.25) is 0 Å². The minimum atomic E-state index is -3.12. The molecule has 8 nitrogen and oxygen atoms in total. The average Bonchev–Trinajstić information content (AvgIpc) is 3.24. The summed E-state index contributed by atoms with van der Waals surface area (Å²) in [7, 11) is 0.254. The van der Waals surface area contributed by atoms with E-state index >= 15 is 0 Å². The van der Waals surface area contributed by atoms with E-state index in [9.17, 15) is 8.42 Å². The zero-order valence-corrected chi connectivity index (χ0v) is 18.7. The van der Waals surface area contributed by atoms with Crippen LogP contribution in [0.25, 0.3) is 0 Å². The van der Waals surface area contributed by atoms with Crippen LogP contribution in [0, 0.1) is 0 Å². The standard InChI is InChI=1S/C18H33N5O3S2/c1-4-28(24,25)22(3)9-6-8-20-18(19-2)21-15-16(17-7-5-14-27-17)23-10-12-26-13-11-23/h5,7,14,16H,4,6,8-13,15H2,1-3H3,(H2,19,20,21). The van der Waals surface area contributed by atoms with E-state index in [2.05, 4.69) is 38.0 Å². The highest BCUT2D eigenvalue weighted by Gasteiger charge is 2.23. The summed E-state index contributed by atoms with van der Waals surface area (Å²) in [5.74, 6) is 0.863. The van der Waals surface area contributed by atoms with Crippen molar-refractivity contribution in [3.8, 4) is 0 Å². The first-order valence-corrected chi connectivity index (χ1v) is 12.2. The molecule has 0 aromatic carbocycles. The Morgan fingerprint density at radius 1 is 1.39 bits per heavy atom. The van der Waals surface area contributed by atoms with E-state index in [1.165, 1.54) is 9.18 Å². The number of sulfonamides is 1. The van der Waals surface area contributed by atoms with Crippen molar-refractivity contribution in [2.75, 3.05) is 65.8 Å². The van der Waals surface area contributed by atoms with Crippen molar-refractivity contribution in [3.63, 3.8) is 0 Å². The Morgan fingerprint density at radius 3 is 2.75 bits per heavy atom. The molecule has 0 bridgehead atoms. The molecule has 160 valence electrons. The SMILES string of the molecule is CCS(=O)(=O)N(C)CCCNC(=NC)NCC(c1cccs1)N1CCOCC1. The second-order valence-corrected chi connectivity index (χ2v) is 9.98. The van der Waals surface area contributed by atoms with Gasteiger partial charge in [0.05, 0.1) is 25.0 Å². The summed E-state index contributed by atoms with van der Waals surface area (Å²) in [5, 5.41) is 8.80. The smallest absolute Gasteiger partial charge is 0.213 e. The number of nitrogens with one attached hydrogen (secondary N) is 2. The maximum atomic E-state index is 11.8. The fraction of sp³-hybridized carbons (Fsp3) is 0.722. The second kappa shape index (κ2) is 11.7. The van der Waals surface area contributed by atoms with Crippen LogP contribution >= 0.6 is 11.3 Å². The highest BCUT2D eigenvalue weighted by Crippen LogP contribution is 2.25. The van der Waals surface area contributed by atoms with Gasteiger partial charge in [-0.15, -0.1) is 11.3 Å². The monoisotopic (exact) mass is 431 g/mol. The van der Waals surface area contributed by atoms with Crippen LogP contribution in [-0.4, -0.2) is 89.4 Å². The summed E-state index contributed by atoms with van der Waals surface area (Å²) in [4.78, 5) is 8.07. The quantitative estimate of drug-likeness (QED) is 0.326. The zero-order valence-electron chi connectivity index (χ0n) is 17.1. The van der Waals surface area contributed by atoms with E-state index in [4.69, 9.17) is 4.74 Å². The van der Waals surface area contributed by atoms with E-state index in [0.717, 1.165) is 38.8 Å². The van der Waals surface area contributed by atoms with Crippen LogP contribution < -0.4 is 10.6 Å². The molecule has 0 amide bonds. The highest BCUT2D eigenvalue weighted by atomic mass is 32.2. The van der Waals surface area contributed by atoms with Gasteiger partial charge in [-0.3, -0.25) is 9.89 Å². The van der Waals surface area contributed by atoms with Crippen molar-refractivity contribution in [1.29, 1.82) is 0 Å². The Balaban J connectivity index is 1.81. The Kier molecular flexibility index (Phi) is 9.66. The molecule has 0 saturated carbocycles. The molecule has 0 radical (unpaired) electrons. The molecular weight excluding hydrogens is 398 g/mol. The summed E-state index contributed by atoms with van der Waals surface area (Å²) in [5.41, 5.74) is 0. The van der Waals surface area contributed by atoms with Crippen molar-refractivity contribution >= 4 is 27.3 Å². The van der Waals surface area contributed by atoms with Gasteiger partial charge in [0.1, 0.15) is 0 Å². The van der Waals surface area contributed by atoms with Crippen LogP contribution in [-0.2, 0) is 14.8 Å². The second-order valence-electron chi connectivity index (χ2n) is 6.64. The number of morpholine rings is 1. The van der Waals surface area contributed by atoms with Crippen LogP contribution in [0.1, 0.15) is 24.3 Å². The highest BCUT2D eigenvalue weighted by molar-refractivity contribution is 7.89. The predicted molar refractivity (Wildman–Crippen MR) is 116 cm³/mol. The van der Waals surface area contributed by atoms with E-state index in [1.54, 1.807) is 32.4 Å². The van der Waals surface area contributed by atoms with Crippen LogP contribution in [0.5, 0.6) is 0 Å². The lowest BCUT2D eigenvalue weighted by atomic mass is 10.2. The number of hydrogen-bond acceptors (Lipinski definition) is 6. The van der Waals surface area contributed by atoms with Gasteiger partial charge in [0, 0.05) is 51.7 Å². The fourth-order valence-electron chi connectivity index (χ4n) is 3.06. The third-order valence-electron chi connectivity index (χ3n) is 4.83. The summed E-state index contributed by atoms with van der Waals surface area (Å²) < 4.78 is 30.5. The third-order valence-corrected chi connectivity index (χ3v) is 7.66. The first-order valence-electron chi connectivity index (χ1n) is 9.71. The largest absolute Gasteiger partial charge is 0.379 e. The molecule has 0 spiro atoms. The summed E-state index contributed by atoms with van der Waals surface area (Å²) >= 11 is 1.77. The molecule has 1 aliphatic rings. The molecular formula is C18H33N5O3S2. The lowest BCUT2D eigenvalue weighted by molar-refractivity contribution is 0.0177. The number of thiophene rings is 1. The summed E-state index contributed by atoms with van der Waals surface area (Å²) in [6.45, 7) is 6.95. The number of aliphatic imine (C=N–C) groups is 1. The van der Waals surface area contributed by atoms with Gasteiger partial charge in [0.25, 0.3) is 0 Å². The van der Waals surface area contributed by atoms with Gasteiger partial charge in [-0.2, -0.15) is 0 Å². The molecule has 1 saturated heterocycles. The Hall–Kier alpha value is -1.20. The summed E-state index contributed by atoms with van der Waals surface area (Å²) in [6, 6.07) is 4.54. The Bertz CT molecular complexity index is 688. The molecule has 0 aliphatic carbocycles. The number of guanidine groups is 1. The molecule has 1 aromatic heterocycles. The lowest BCUT2D eigenvalue weighted by Crippen LogP contribution is -2.46. The topological polar surface area (TPSA) is 86.3 Å². The van der Waals surface area contributed by atoms with E-state index in [0.29, 0.717) is 19.5 Å². The minimum absolute atomic E-state index is 0.131. The number of rotatable bonds is 10. The molecule has 1 aromatic rings. The van der Waals surface area contributed by atoms with Gasteiger partial charge in [0.15, 0.2) is 5.96 Å². The minimum Gasteiger partial charge on any atom is -0.379 e. The average molecular weight is 432 g/mol. The van der Waals surface area contributed by atoms with Gasteiger partial charge in [-0.1, -0.05) is 6.07 Å². The molecule has 10 heteroatoms. The van der Waals surface area contributed by atoms with Crippen molar-refractivity contribution < 1.29 is 13.2 Å².